The standard InChI is InChI=1S/C17H21N3O2/c1-12-3-8-15(22-12)16-17(19-10-9-18-16)20-11-13-4-6-14(21-2)7-5-13/h3-8,16,18H,9-11H2,1-2H3,(H,19,20). The average molecular weight is 299 g/mol. The second kappa shape index (κ2) is 6.66. The largest absolute Gasteiger partial charge is 0.497 e. The Balaban J connectivity index is 1.67. The van der Waals surface area contributed by atoms with Gasteiger partial charge < -0.3 is 14.5 Å². The summed E-state index contributed by atoms with van der Waals surface area (Å²) in [4.78, 5) is 4.60. The molecule has 1 atom stereocenters. The Labute approximate surface area is 130 Å². The number of furan rings is 1. The summed E-state index contributed by atoms with van der Waals surface area (Å²) in [6, 6.07) is 12.0. The van der Waals surface area contributed by atoms with Gasteiger partial charge in [0.25, 0.3) is 0 Å². The molecule has 0 radical (unpaired) electrons. The molecule has 5 heteroatoms. The lowest BCUT2D eigenvalue weighted by atomic mass is 10.1. The maximum atomic E-state index is 5.74. The number of amidine groups is 1. The second-order valence-electron chi connectivity index (χ2n) is 5.30. The molecule has 2 N–H and O–H groups in total. The van der Waals surface area contributed by atoms with Gasteiger partial charge in [-0.3, -0.25) is 10.3 Å². The lowest BCUT2D eigenvalue weighted by molar-refractivity contribution is 0.414. The van der Waals surface area contributed by atoms with Gasteiger partial charge >= 0.3 is 0 Å². The molecule has 0 spiro atoms. The van der Waals surface area contributed by atoms with E-state index in [2.05, 4.69) is 27.8 Å². The lowest BCUT2D eigenvalue weighted by Gasteiger charge is -2.24. The summed E-state index contributed by atoms with van der Waals surface area (Å²) >= 11 is 0. The maximum absolute atomic E-state index is 5.74. The Morgan fingerprint density at radius 3 is 2.77 bits per heavy atom. The zero-order valence-electron chi connectivity index (χ0n) is 12.9. The minimum Gasteiger partial charge on any atom is -0.497 e. The Morgan fingerprint density at radius 1 is 1.27 bits per heavy atom. The molecule has 0 fully saturated rings. The first-order valence-electron chi connectivity index (χ1n) is 7.47. The molecule has 0 bridgehead atoms. The number of rotatable bonds is 4. The Bertz CT molecular complexity index is 646. The predicted molar refractivity (Wildman–Crippen MR) is 86.3 cm³/mol. The lowest BCUT2D eigenvalue weighted by Crippen LogP contribution is -2.42. The number of aryl methyl sites for hydroxylation is 1. The monoisotopic (exact) mass is 299 g/mol. The summed E-state index contributed by atoms with van der Waals surface area (Å²) in [5, 5.41) is 6.87. The van der Waals surface area contributed by atoms with Crippen molar-refractivity contribution in [2.45, 2.75) is 19.5 Å². The van der Waals surface area contributed by atoms with Crippen LogP contribution >= 0.6 is 0 Å². The zero-order chi connectivity index (χ0) is 15.4. The first kappa shape index (κ1) is 14.7. The molecule has 2 aromatic rings. The maximum Gasteiger partial charge on any atom is 0.128 e. The molecule has 1 aromatic heterocycles. The summed E-state index contributed by atoms with van der Waals surface area (Å²) in [6.07, 6.45) is 0. The molecule has 1 unspecified atom stereocenters. The Kier molecular flexibility index (Phi) is 4.44. The van der Waals surface area contributed by atoms with Crippen LogP contribution in [-0.2, 0) is 6.54 Å². The van der Waals surface area contributed by atoms with Crippen LogP contribution in [0.1, 0.15) is 23.1 Å². The van der Waals surface area contributed by atoms with Crippen molar-refractivity contribution in [2.75, 3.05) is 20.2 Å². The van der Waals surface area contributed by atoms with Gasteiger partial charge in [0.05, 0.1) is 13.7 Å². The summed E-state index contributed by atoms with van der Waals surface area (Å²) in [5.74, 6) is 3.61. The molecule has 0 aliphatic carbocycles. The number of nitrogens with one attached hydrogen (secondary N) is 2. The molecule has 0 saturated heterocycles. The van der Waals surface area contributed by atoms with E-state index in [4.69, 9.17) is 9.15 Å². The van der Waals surface area contributed by atoms with E-state index in [1.807, 2.05) is 31.2 Å². The van der Waals surface area contributed by atoms with Crippen LogP contribution in [0.15, 0.2) is 45.8 Å². The molecule has 0 amide bonds. The number of ether oxygens (including phenoxy) is 1. The number of benzene rings is 1. The molecule has 1 aromatic carbocycles. The van der Waals surface area contributed by atoms with Crippen LogP contribution in [0.25, 0.3) is 0 Å². The van der Waals surface area contributed by atoms with Gasteiger partial charge in [-0.15, -0.1) is 0 Å². The van der Waals surface area contributed by atoms with E-state index in [0.29, 0.717) is 0 Å². The van der Waals surface area contributed by atoms with Crippen LogP contribution in [-0.4, -0.2) is 26.0 Å². The highest BCUT2D eigenvalue weighted by Crippen LogP contribution is 2.19. The molecule has 116 valence electrons. The molecule has 1 aliphatic rings. The molecule has 5 nitrogen and oxygen atoms in total. The Morgan fingerprint density at radius 2 is 2.09 bits per heavy atom. The summed E-state index contributed by atoms with van der Waals surface area (Å²) in [5.41, 5.74) is 1.18. The van der Waals surface area contributed by atoms with E-state index in [1.54, 1.807) is 7.11 Å². The highest BCUT2D eigenvalue weighted by Gasteiger charge is 2.23. The normalized spacial score (nSPS) is 17.9. The van der Waals surface area contributed by atoms with E-state index in [1.165, 1.54) is 5.56 Å². The highest BCUT2D eigenvalue weighted by molar-refractivity contribution is 5.88. The van der Waals surface area contributed by atoms with Crippen molar-refractivity contribution in [2.24, 2.45) is 4.99 Å². The number of hydrogen-bond acceptors (Lipinski definition) is 5. The minimum absolute atomic E-state index is 0.000647. The topological polar surface area (TPSA) is 58.8 Å². The molecule has 2 heterocycles. The highest BCUT2D eigenvalue weighted by atomic mass is 16.5. The van der Waals surface area contributed by atoms with Crippen molar-refractivity contribution in [3.63, 3.8) is 0 Å². The third-order valence-corrected chi connectivity index (χ3v) is 3.69. The van der Waals surface area contributed by atoms with Crippen LogP contribution in [0.5, 0.6) is 5.75 Å². The van der Waals surface area contributed by atoms with Gasteiger partial charge in [-0.05, 0) is 36.8 Å². The molecule has 0 saturated carbocycles. The van der Waals surface area contributed by atoms with E-state index in [-0.39, 0.29) is 6.04 Å². The van der Waals surface area contributed by atoms with Crippen LogP contribution in [0, 0.1) is 6.92 Å². The molecular weight excluding hydrogens is 278 g/mol. The van der Waals surface area contributed by atoms with Gasteiger partial charge in [-0.2, -0.15) is 0 Å². The number of nitrogens with zero attached hydrogens (tertiary/aromatic N) is 1. The zero-order valence-corrected chi connectivity index (χ0v) is 12.9. The fourth-order valence-electron chi connectivity index (χ4n) is 2.51. The van der Waals surface area contributed by atoms with Gasteiger partial charge in [0, 0.05) is 13.1 Å². The summed E-state index contributed by atoms with van der Waals surface area (Å²) in [6.45, 7) is 4.31. The third kappa shape index (κ3) is 3.31. The average Bonchev–Trinajstić information content (AvgIpc) is 3.00. The van der Waals surface area contributed by atoms with Gasteiger partial charge in [-0.25, -0.2) is 0 Å². The van der Waals surface area contributed by atoms with E-state index >= 15 is 0 Å². The van der Waals surface area contributed by atoms with Gasteiger partial charge in [0.1, 0.15) is 29.1 Å². The van der Waals surface area contributed by atoms with Crippen LogP contribution in [0.3, 0.4) is 0 Å². The number of aliphatic imine (C=N–C) groups is 1. The minimum atomic E-state index is 0.000647. The fraction of sp³-hybridized carbons (Fsp3) is 0.353. The van der Waals surface area contributed by atoms with E-state index in [9.17, 15) is 0 Å². The van der Waals surface area contributed by atoms with Crippen molar-refractivity contribution in [3.8, 4) is 5.75 Å². The quantitative estimate of drug-likeness (QED) is 0.910. The van der Waals surface area contributed by atoms with Crippen molar-refractivity contribution in [1.82, 2.24) is 10.6 Å². The summed E-state index contributed by atoms with van der Waals surface area (Å²) in [7, 11) is 1.67. The third-order valence-electron chi connectivity index (χ3n) is 3.69. The fourth-order valence-corrected chi connectivity index (χ4v) is 2.51. The van der Waals surface area contributed by atoms with E-state index < -0.39 is 0 Å². The molecule has 22 heavy (non-hydrogen) atoms. The first-order chi connectivity index (χ1) is 10.8. The van der Waals surface area contributed by atoms with Crippen molar-refractivity contribution >= 4 is 5.84 Å². The van der Waals surface area contributed by atoms with Crippen LogP contribution in [0.4, 0.5) is 0 Å². The van der Waals surface area contributed by atoms with Crippen molar-refractivity contribution < 1.29 is 9.15 Å². The van der Waals surface area contributed by atoms with Gasteiger partial charge in [0.2, 0.25) is 0 Å². The van der Waals surface area contributed by atoms with Crippen LogP contribution in [0.2, 0.25) is 0 Å². The van der Waals surface area contributed by atoms with Crippen molar-refractivity contribution in [3.05, 3.63) is 53.5 Å². The second-order valence-corrected chi connectivity index (χ2v) is 5.30. The summed E-state index contributed by atoms with van der Waals surface area (Å²) < 4.78 is 10.9. The predicted octanol–water partition coefficient (Wildman–Crippen LogP) is 2.43. The molecule has 3 rings (SSSR count). The number of methoxy groups -OCH3 is 1. The molecular formula is C17H21N3O2. The van der Waals surface area contributed by atoms with E-state index in [0.717, 1.165) is 42.7 Å². The van der Waals surface area contributed by atoms with Crippen molar-refractivity contribution in [1.29, 1.82) is 0 Å². The number of hydrogen-bond donors (Lipinski definition) is 2. The molecule has 1 aliphatic heterocycles. The SMILES string of the molecule is COc1ccc(CNC2=NCCNC2c2ccc(C)o2)cc1. The Hall–Kier alpha value is -2.27. The van der Waals surface area contributed by atoms with Gasteiger partial charge in [0.15, 0.2) is 0 Å². The van der Waals surface area contributed by atoms with Crippen LogP contribution < -0.4 is 15.4 Å². The van der Waals surface area contributed by atoms with Gasteiger partial charge in [-0.1, -0.05) is 12.1 Å². The first-order valence-corrected chi connectivity index (χ1v) is 7.47. The smallest absolute Gasteiger partial charge is 0.128 e.